The van der Waals surface area contributed by atoms with Crippen molar-refractivity contribution in [2.75, 3.05) is 31.1 Å². The van der Waals surface area contributed by atoms with Crippen LogP contribution in [0.4, 0.5) is 0 Å². The van der Waals surface area contributed by atoms with Gasteiger partial charge in [0.2, 0.25) is 0 Å². The van der Waals surface area contributed by atoms with Gasteiger partial charge in [-0.2, -0.15) is 11.8 Å². The van der Waals surface area contributed by atoms with E-state index in [9.17, 15) is 0 Å². The van der Waals surface area contributed by atoms with Gasteiger partial charge in [0.15, 0.2) is 0 Å². The highest BCUT2D eigenvalue weighted by atomic mass is 32.2. The van der Waals surface area contributed by atoms with E-state index in [1.165, 1.54) is 56.8 Å². The van der Waals surface area contributed by atoms with Gasteiger partial charge in [-0.3, -0.25) is 4.90 Å². The minimum absolute atomic E-state index is 0.233. The van der Waals surface area contributed by atoms with Gasteiger partial charge in [-0.25, -0.2) is 0 Å². The van der Waals surface area contributed by atoms with Gasteiger partial charge in [-0.15, -0.1) is 0 Å². The molecule has 1 saturated carbocycles. The predicted octanol–water partition coefficient (Wildman–Crippen LogP) is 4.01. The van der Waals surface area contributed by atoms with Gasteiger partial charge in [-0.1, -0.05) is 19.8 Å². The van der Waals surface area contributed by atoms with E-state index in [2.05, 4.69) is 56.6 Å². The maximum Gasteiger partial charge on any atom is 0.0158 e. The van der Waals surface area contributed by atoms with Crippen molar-refractivity contribution in [2.24, 2.45) is 11.3 Å². The minimum atomic E-state index is 0.233. The van der Waals surface area contributed by atoms with E-state index in [0.717, 1.165) is 12.0 Å². The van der Waals surface area contributed by atoms with Crippen molar-refractivity contribution in [1.82, 2.24) is 10.2 Å². The van der Waals surface area contributed by atoms with Crippen LogP contribution in [0.3, 0.4) is 0 Å². The van der Waals surface area contributed by atoms with E-state index in [1.54, 1.807) is 0 Å². The SMILES string of the molecule is CC1CCCC(CNC(C)(C)C)(CN2CCSCC2C)C1. The molecule has 0 aromatic carbocycles. The first kappa shape index (κ1) is 17.6. The molecule has 0 bridgehead atoms. The van der Waals surface area contributed by atoms with E-state index >= 15 is 0 Å². The molecule has 2 fully saturated rings. The average Bonchev–Trinajstić information content (AvgIpc) is 2.39. The molecule has 2 rings (SSSR count). The fourth-order valence-electron chi connectivity index (χ4n) is 4.01. The smallest absolute Gasteiger partial charge is 0.0158 e. The summed E-state index contributed by atoms with van der Waals surface area (Å²) >= 11 is 2.13. The van der Waals surface area contributed by atoms with Gasteiger partial charge in [-0.05, 0) is 51.9 Å². The number of hydrogen-bond donors (Lipinski definition) is 1. The molecule has 1 aliphatic heterocycles. The van der Waals surface area contributed by atoms with Crippen LogP contribution in [0.2, 0.25) is 0 Å². The molecule has 0 aromatic rings. The maximum absolute atomic E-state index is 3.83. The summed E-state index contributed by atoms with van der Waals surface area (Å²) in [6.07, 6.45) is 5.68. The van der Waals surface area contributed by atoms with Crippen LogP contribution in [0.25, 0.3) is 0 Å². The molecule has 2 aliphatic rings. The Kier molecular flexibility index (Phi) is 6.07. The van der Waals surface area contributed by atoms with E-state index in [1.807, 2.05) is 0 Å². The lowest BCUT2D eigenvalue weighted by molar-refractivity contribution is 0.0621. The van der Waals surface area contributed by atoms with Crippen LogP contribution in [-0.2, 0) is 0 Å². The minimum Gasteiger partial charge on any atom is -0.311 e. The molecule has 0 amide bonds. The molecule has 0 aromatic heterocycles. The van der Waals surface area contributed by atoms with E-state index in [-0.39, 0.29) is 5.54 Å². The van der Waals surface area contributed by atoms with Gasteiger partial charge >= 0.3 is 0 Å². The van der Waals surface area contributed by atoms with Crippen LogP contribution in [0.5, 0.6) is 0 Å². The normalized spacial score (nSPS) is 35.9. The molecule has 1 N–H and O–H groups in total. The molecule has 1 saturated heterocycles. The summed E-state index contributed by atoms with van der Waals surface area (Å²) in [5, 5.41) is 3.83. The molecule has 0 spiro atoms. The zero-order valence-electron chi connectivity index (χ0n) is 14.9. The summed E-state index contributed by atoms with van der Waals surface area (Å²) in [7, 11) is 0. The van der Waals surface area contributed by atoms with Gasteiger partial charge in [0.05, 0.1) is 0 Å². The van der Waals surface area contributed by atoms with Crippen molar-refractivity contribution in [3.8, 4) is 0 Å². The Balaban J connectivity index is 2.03. The van der Waals surface area contributed by atoms with Crippen molar-refractivity contribution in [2.45, 2.75) is 71.9 Å². The van der Waals surface area contributed by atoms with Gasteiger partial charge < -0.3 is 5.32 Å². The molecular weight excluding hydrogens is 276 g/mol. The third kappa shape index (κ3) is 5.44. The number of thioether (sulfide) groups is 1. The molecule has 3 atom stereocenters. The Morgan fingerprint density at radius 3 is 2.67 bits per heavy atom. The van der Waals surface area contributed by atoms with Crippen molar-refractivity contribution in [3.05, 3.63) is 0 Å². The van der Waals surface area contributed by atoms with Crippen molar-refractivity contribution >= 4 is 11.8 Å². The zero-order valence-corrected chi connectivity index (χ0v) is 15.7. The highest BCUT2D eigenvalue weighted by Gasteiger charge is 2.38. The average molecular weight is 313 g/mol. The molecular formula is C18H36N2S. The first-order valence-electron chi connectivity index (χ1n) is 8.87. The summed E-state index contributed by atoms with van der Waals surface area (Å²) in [4.78, 5) is 2.78. The van der Waals surface area contributed by atoms with Crippen LogP contribution in [-0.4, -0.2) is 47.6 Å². The molecule has 21 heavy (non-hydrogen) atoms. The lowest BCUT2D eigenvalue weighted by Gasteiger charge is -2.47. The number of rotatable bonds is 4. The Hall–Kier alpha value is 0.270. The topological polar surface area (TPSA) is 15.3 Å². The van der Waals surface area contributed by atoms with Crippen LogP contribution in [0, 0.1) is 11.3 Å². The van der Waals surface area contributed by atoms with Crippen LogP contribution in [0.15, 0.2) is 0 Å². The second-order valence-corrected chi connectivity index (χ2v) is 9.85. The fourth-order valence-corrected chi connectivity index (χ4v) is 5.09. The summed E-state index contributed by atoms with van der Waals surface area (Å²) in [5.41, 5.74) is 0.734. The second-order valence-electron chi connectivity index (χ2n) is 8.70. The van der Waals surface area contributed by atoms with E-state index in [4.69, 9.17) is 0 Å². The van der Waals surface area contributed by atoms with E-state index < -0.39 is 0 Å². The molecule has 1 aliphatic carbocycles. The first-order valence-corrected chi connectivity index (χ1v) is 10.0. The molecule has 3 heteroatoms. The predicted molar refractivity (Wildman–Crippen MR) is 96.2 cm³/mol. The number of nitrogens with one attached hydrogen (secondary N) is 1. The highest BCUT2D eigenvalue weighted by Crippen LogP contribution is 2.40. The van der Waals surface area contributed by atoms with Crippen molar-refractivity contribution in [3.63, 3.8) is 0 Å². The van der Waals surface area contributed by atoms with E-state index in [0.29, 0.717) is 5.41 Å². The first-order chi connectivity index (χ1) is 9.80. The Bertz CT molecular complexity index is 326. The molecule has 2 nitrogen and oxygen atoms in total. The third-order valence-electron chi connectivity index (χ3n) is 5.22. The summed E-state index contributed by atoms with van der Waals surface area (Å²) in [6.45, 7) is 15.6. The van der Waals surface area contributed by atoms with Crippen LogP contribution in [0.1, 0.15) is 60.3 Å². The quantitative estimate of drug-likeness (QED) is 0.844. The largest absolute Gasteiger partial charge is 0.311 e. The van der Waals surface area contributed by atoms with Gasteiger partial charge in [0.25, 0.3) is 0 Å². The summed E-state index contributed by atoms with van der Waals surface area (Å²) < 4.78 is 0. The summed E-state index contributed by atoms with van der Waals surface area (Å²) in [6, 6.07) is 0.757. The maximum atomic E-state index is 3.83. The number of hydrogen-bond acceptors (Lipinski definition) is 3. The zero-order chi connectivity index (χ0) is 15.5. The summed E-state index contributed by atoms with van der Waals surface area (Å²) in [5.74, 6) is 3.54. The molecule has 3 unspecified atom stereocenters. The van der Waals surface area contributed by atoms with Crippen LogP contribution < -0.4 is 5.32 Å². The Morgan fingerprint density at radius 2 is 2.05 bits per heavy atom. The fraction of sp³-hybridized carbons (Fsp3) is 1.00. The van der Waals surface area contributed by atoms with Crippen molar-refractivity contribution < 1.29 is 0 Å². The second kappa shape index (κ2) is 7.23. The molecule has 124 valence electrons. The lowest BCUT2D eigenvalue weighted by atomic mass is 9.69. The Labute approximate surface area is 136 Å². The molecule has 1 heterocycles. The van der Waals surface area contributed by atoms with Gasteiger partial charge in [0.1, 0.15) is 0 Å². The van der Waals surface area contributed by atoms with Crippen molar-refractivity contribution in [1.29, 1.82) is 0 Å². The number of nitrogens with zero attached hydrogens (tertiary/aromatic N) is 1. The lowest BCUT2D eigenvalue weighted by Crippen LogP contribution is -2.53. The van der Waals surface area contributed by atoms with Gasteiger partial charge in [0, 0.05) is 42.7 Å². The monoisotopic (exact) mass is 312 g/mol. The highest BCUT2D eigenvalue weighted by molar-refractivity contribution is 7.99. The Morgan fingerprint density at radius 1 is 1.29 bits per heavy atom. The molecule has 0 radical (unpaired) electrons. The standard InChI is InChI=1S/C18H36N2S/c1-15-7-6-8-18(11-15,13-19-17(3,4)5)14-20-9-10-21-12-16(20)2/h15-16,19H,6-14H2,1-5H3. The third-order valence-corrected chi connectivity index (χ3v) is 6.41. The van der Waals surface area contributed by atoms with Crippen LogP contribution >= 0.6 is 11.8 Å².